The molecule has 0 aromatic carbocycles. The fourth-order valence-corrected chi connectivity index (χ4v) is 4.64. The van der Waals surface area contributed by atoms with Crippen molar-refractivity contribution in [3.05, 3.63) is 0 Å². The number of nitrogens with one attached hydrogen (secondary N) is 2. The summed E-state index contributed by atoms with van der Waals surface area (Å²) in [6.07, 6.45) is 10.4. The van der Waals surface area contributed by atoms with E-state index in [-0.39, 0.29) is 24.4 Å². The molecule has 0 radical (unpaired) electrons. The van der Waals surface area contributed by atoms with Crippen LogP contribution in [0.4, 0.5) is 0 Å². The lowest BCUT2D eigenvalue weighted by atomic mass is 9.82. The van der Waals surface area contributed by atoms with Crippen molar-refractivity contribution in [2.75, 3.05) is 32.7 Å². The summed E-state index contributed by atoms with van der Waals surface area (Å²) >= 11 is 0. The Labute approximate surface area is 153 Å². The van der Waals surface area contributed by atoms with Gasteiger partial charge in [-0.2, -0.15) is 0 Å². The highest BCUT2D eigenvalue weighted by Gasteiger charge is 2.26. The van der Waals surface area contributed by atoms with Crippen molar-refractivity contribution in [2.45, 2.75) is 64.3 Å². The molecule has 4 nitrogen and oxygen atoms in total. The number of carbonyl (C=O) groups excluding carboxylic acids is 1. The van der Waals surface area contributed by atoms with Crippen LogP contribution in [0.5, 0.6) is 0 Å². The van der Waals surface area contributed by atoms with Crippen LogP contribution in [0.25, 0.3) is 0 Å². The first-order valence-electron chi connectivity index (χ1n) is 9.94. The molecule has 1 amide bonds. The standard InChI is InChI=1S/C19H35N3O.ClH/c1-15-6-8-16(9-7-15)13-22-11-3-4-17(14-22)12-21-19(23)18-5-2-10-20-18;/h15-18,20H,2-14H2,1H3,(H,21,23);1H. The number of rotatable bonds is 5. The number of hydrogen-bond donors (Lipinski definition) is 2. The fourth-order valence-electron chi connectivity index (χ4n) is 4.64. The highest BCUT2D eigenvalue weighted by atomic mass is 35.5. The lowest BCUT2D eigenvalue weighted by Crippen LogP contribution is -2.46. The maximum Gasteiger partial charge on any atom is 0.237 e. The minimum atomic E-state index is 0. The van der Waals surface area contributed by atoms with Gasteiger partial charge in [0.15, 0.2) is 0 Å². The van der Waals surface area contributed by atoms with Gasteiger partial charge in [0.1, 0.15) is 0 Å². The van der Waals surface area contributed by atoms with E-state index in [2.05, 4.69) is 22.5 Å². The van der Waals surface area contributed by atoms with Crippen LogP contribution >= 0.6 is 12.4 Å². The van der Waals surface area contributed by atoms with E-state index in [0.717, 1.165) is 37.8 Å². The van der Waals surface area contributed by atoms with Crippen molar-refractivity contribution in [3.8, 4) is 0 Å². The predicted octanol–water partition coefficient (Wildman–Crippen LogP) is 2.81. The van der Waals surface area contributed by atoms with Gasteiger partial charge >= 0.3 is 0 Å². The second-order valence-corrected chi connectivity index (χ2v) is 8.29. The predicted molar refractivity (Wildman–Crippen MR) is 102 cm³/mol. The van der Waals surface area contributed by atoms with Gasteiger partial charge in [-0.15, -0.1) is 12.4 Å². The van der Waals surface area contributed by atoms with E-state index in [1.54, 1.807) is 0 Å². The van der Waals surface area contributed by atoms with Crippen molar-refractivity contribution >= 4 is 18.3 Å². The highest BCUT2D eigenvalue weighted by Crippen LogP contribution is 2.29. The molecular weight excluding hydrogens is 322 g/mol. The first kappa shape index (κ1) is 20.0. The molecule has 3 aliphatic rings. The number of amides is 1. The number of halogens is 1. The van der Waals surface area contributed by atoms with Gasteiger partial charge < -0.3 is 15.5 Å². The third-order valence-electron chi connectivity index (χ3n) is 6.20. The van der Waals surface area contributed by atoms with E-state index in [0.29, 0.717) is 5.92 Å². The minimum absolute atomic E-state index is 0. The Bertz CT molecular complexity index is 379. The zero-order valence-corrected chi connectivity index (χ0v) is 16.1. The Morgan fingerprint density at radius 2 is 1.88 bits per heavy atom. The van der Waals surface area contributed by atoms with Crippen LogP contribution in [0.3, 0.4) is 0 Å². The first-order valence-corrected chi connectivity index (χ1v) is 9.94. The number of nitrogens with zero attached hydrogens (tertiary/aromatic N) is 1. The van der Waals surface area contributed by atoms with E-state index < -0.39 is 0 Å². The largest absolute Gasteiger partial charge is 0.354 e. The van der Waals surface area contributed by atoms with Crippen molar-refractivity contribution in [2.24, 2.45) is 17.8 Å². The molecule has 24 heavy (non-hydrogen) atoms. The number of carbonyl (C=O) groups is 1. The maximum absolute atomic E-state index is 12.1. The summed E-state index contributed by atoms with van der Waals surface area (Å²) in [4.78, 5) is 14.8. The van der Waals surface area contributed by atoms with Crippen LogP contribution in [-0.2, 0) is 4.79 Å². The third-order valence-corrected chi connectivity index (χ3v) is 6.20. The van der Waals surface area contributed by atoms with E-state index in [9.17, 15) is 4.79 Å². The van der Waals surface area contributed by atoms with Crippen LogP contribution in [-0.4, -0.2) is 49.6 Å². The van der Waals surface area contributed by atoms with Crippen molar-refractivity contribution < 1.29 is 4.79 Å². The molecule has 2 saturated heterocycles. The summed E-state index contributed by atoms with van der Waals surface area (Å²) < 4.78 is 0. The van der Waals surface area contributed by atoms with Gasteiger partial charge in [0.2, 0.25) is 5.91 Å². The molecule has 5 heteroatoms. The molecule has 0 bridgehead atoms. The van der Waals surface area contributed by atoms with Crippen molar-refractivity contribution in [1.29, 1.82) is 0 Å². The van der Waals surface area contributed by atoms with Gasteiger partial charge in [-0.3, -0.25) is 4.79 Å². The number of hydrogen-bond acceptors (Lipinski definition) is 3. The van der Waals surface area contributed by atoms with Crippen molar-refractivity contribution in [1.82, 2.24) is 15.5 Å². The summed E-state index contributed by atoms with van der Waals surface area (Å²) in [6, 6.07) is 0.0684. The second-order valence-electron chi connectivity index (χ2n) is 8.29. The smallest absolute Gasteiger partial charge is 0.237 e. The molecular formula is C19H36ClN3O. The number of piperidine rings is 1. The van der Waals surface area contributed by atoms with Gasteiger partial charge in [0.25, 0.3) is 0 Å². The topological polar surface area (TPSA) is 44.4 Å². The molecule has 2 aliphatic heterocycles. The van der Waals surface area contributed by atoms with Gasteiger partial charge in [-0.05, 0) is 69.4 Å². The van der Waals surface area contributed by atoms with E-state index in [1.807, 2.05) is 0 Å². The average molecular weight is 358 g/mol. The maximum atomic E-state index is 12.1. The number of likely N-dealkylation sites (tertiary alicyclic amines) is 1. The van der Waals surface area contributed by atoms with E-state index in [4.69, 9.17) is 0 Å². The Morgan fingerprint density at radius 3 is 2.58 bits per heavy atom. The lowest BCUT2D eigenvalue weighted by molar-refractivity contribution is -0.123. The van der Waals surface area contributed by atoms with Crippen molar-refractivity contribution in [3.63, 3.8) is 0 Å². The molecule has 2 unspecified atom stereocenters. The molecule has 2 atom stereocenters. The monoisotopic (exact) mass is 357 g/mol. The van der Waals surface area contributed by atoms with Crippen LogP contribution in [0, 0.1) is 17.8 Å². The SMILES string of the molecule is CC1CCC(CN2CCCC(CNC(=O)C3CCCN3)C2)CC1.Cl. The van der Waals surface area contributed by atoms with Crippen LogP contribution < -0.4 is 10.6 Å². The Balaban J connectivity index is 0.00000208. The van der Waals surface area contributed by atoms with Gasteiger partial charge in [-0.1, -0.05) is 19.8 Å². The van der Waals surface area contributed by atoms with Gasteiger partial charge in [-0.25, -0.2) is 0 Å². The zero-order chi connectivity index (χ0) is 16.1. The molecule has 140 valence electrons. The Morgan fingerprint density at radius 1 is 1.08 bits per heavy atom. The molecule has 0 spiro atoms. The highest BCUT2D eigenvalue weighted by molar-refractivity contribution is 5.85. The molecule has 1 saturated carbocycles. The summed E-state index contributed by atoms with van der Waals surface area (Å²) in [5.41, 5.74) is 0. The first-order chi connectivity index (χ1) is 11.2. The minimum Gasteiger partial charge on any atom is -0.354 e. The molecule has 3 rings (SSSR count). The van der Waals surface area contributed by atoms with Gasteiger partial charge in [0, 0.05) is 19.6 Å². The summed E-state index contributed by atoms with van der Waals surface area (Å²) in [5.74, 6) is 2.74. The molecule has 0 aromatic rings. The van der Waals surface area contributed by atoms with Gasteiger partial charge in [0.05, 0.1) is 6.04 Å². The summed E-state index contributed by atoms with van der Waals surface area (Å²) in [7, 11) is 0. The Kier molecular flexibility index (Phi) is 8.32. The molecule has 2 heterocycles. The quantitative estimate of drug-likeness (QED) is 0.795. The Hall–Kier alpha value is -0.320. The fraction of sp³-hybridized carbons (Fsp3) is 0.947. The van der Waals surface area contributed by atoms with E-state index in [1.165, 1.54) is 58.2 Å². The third kappa shape index (κ3) is 5.89. The van der Waals surface area contributed by atoms with E-state index >= 15 is 0 Å². The molecule has 1 aliphatic carbocycles. The summed E-state index contributed by atoms with van der Waals surface area (Å²) in [6.45, 7) is 8.01. The molecule has 0 aromatic heterocycles. The molecule has 3 fully saturated rings. The summed E-state index contributed by atoms with van der Waals surface area (Å²) in [5, 5.41) is 6.48. The van der Waals surface area contributed by atoms with Crippen LogP contribution in [0.15, 0.2) is 0 Å². The van der Waals surface area contributed by atoms with Crippen LogP contribution in [0.2, 0.25) is 0 Å². The molecule has 2 N–H and O–H groups in total. The normalized spacial score (nSPS) is 34.5. The zero-order valence-electron chi connectivity index (χ0n) is 15.3. The van der Waals surface area contributed by atoms with Crippen LogP contribution in [0.1, 0.15) is 58.3 Å². The average Bonchev–Trinajstić information content (AvgIpc) is 3.10. The lowest BCUT2D eigenvalue weighted by Gasteiger charge is -2.37. The second kappa shape index (κ2) is 9.98.